The summed E-state index contributed by atoms with van der Waals surface area (Å²) < 4.78 is 6.14. The van der Waals surface area contributed by atoms with Crippen LogP contribution in [0.2, 0.25) is 0 Å². The molecule has 2 fully saturated rings. The van der Waals surface area contributed by atoms with E-state index in [9.17, 15) is 14.7 Å². The SMILES string of the molecule is CCCCC1CCC(C(CC(C)C(C)C)OC(=O)C2CCCCC2C(=O)O)CC1. The normalized spacial score (nSPS) is 30.0. The fourth-order valence-electron chi connectivity index (χ4n) is 5.26. The van der Waals surface area contributed by atoms with Gasteiger partial charge >= 0.3 is 11.9 Å². The Bertz CT molecular complexity index is 507. The van der Waals surface area contributed by atoms with E-state index in [-0.39, 0.29) is 12.1 Å². The lowest BCUT2D eigenvalue weighted by Crippen LogP contribution is -2.39. The van der Waals surface area contributed by atoms with Crippen LogP contribution in [0, 0.1) is 35.5 Å². The van der Waals surface area contributed by atoms with Crippen LogP contribution in [0.3, 0.4) is 0 Å². The first-order valence-electron chi connectivity index (χ1n) is 12.3. The van der Waals surface area contributed by atoms with Crippen LogP contribution in [0.1, 0.15) is 105 Å². The number of carbonyl (C=O) groups is 2. The average Bonchev–Trinajstić information content (AvgIpc) is 2.71. The van der Waals surface area contributed by atoms with Gasteiger partial charge in [0.2, 0.25) is 0 Å². The van der Waals surface area contributed by atoms with E-state index in [4.69, 9.17) is 4.74 Å². The Morgan fingerprint density at radius 2 is 1.59 bits per heavy atom. The molecule has 0 radical (unpaired) electrons. The molecule has 0 bridgehead atoms. The van der Waals surface area contributed by atoms with Crippen molar-refractivity contribution in [2.75, 3.05) is 0 Å². The third kappa shape index (κ3) is 7.29. The van der Waals surface area contributed by atoms with Crippen molar-refractivity contribution in [2.45, 2.75) is 111 Å². The van der Waals surface area contributed by atoms with Gasteiger partial charge in [-0.25, -0.2) is 0 Å². The molecule has 4 nitrogen and oxygen atoms in total. The minimum Gasteiger partial charge on any atom is -0.481 e. The molecule has 29 heavy (non-hydrogen) atoms. The molecule has 4 atom stereocenters. The molecular formula is C25H44O4. The number of unbranched alkanes of at least 4 members (excludes halogenated alkanes) is 1. The fourth-order valence-corrected chi connectivity index (χ4v) is 5.26. The molecule has 0 amide bonds. The van der Waals surface area contributed by atoms with Crippen LogP contribution in [0.5, 0.6) is 0 Å². The zero-order valence-corrected chi connectivity index (χ0v) is 19.2. The predicted octanol–water partition coefficient (Wildman–Crippen LogP) is 6.47. The van der Waals surface area contributed by atoms with Gasteiger partial charge in [-0.05, 0) is 55.8 Å². The summed E-state index contributed by atoms with van der Waals surface area (Å²) in [7, 11) is 0. The van der Waals surface area contributed by atoms with Gasteiger partial charge in [-0.15, -0.1) is 0 Å². The molecule has 0 heterocycles. The molecule has 0 aromatic carbocycles. The third-order valence-corrected chi connectivity index (χ3v) is 7.78. The molecule has 2 aliphatic rings. The van der Waals surface area contributed by atoms with Gasteiger partial charge in [0, 0.05) is 0 Å². The zero-order valence-electron chi connectivity index (χ0n) is 19.2. The van der Waals surface area contributed by atoms with Crippen LogP contribution in [0.15, 0.2) is 0 Å². The van der Waals surface area contributed by atoms with Gasteiger partial charge in [0.05, 0.1) is 11.8 Å². The average molecular weight is 409 g/mol. The highest BCUT2D eigenvalue weighted by Gasteiger charge is 2.39. The predicted molar refractivity (Wildman–Crippen MR) is 117 cm³/mol. The Kier molecular flexibility index (Phi) is 9.98. The number of carboxylic acid groups (broad SMARTS) is 1. The van der Waals surface area contributed by atoms with Gasteiger partial charge in [-0.2, -0.15) is 0 Å². The maximum Gasteiger partial charge on any atom is 0.310 e. The molecule has 0 aliphatic heterocycles. The first-order chi connectivity index (χ1) is 13.8. The summed E-state index contributed by atoms with van der Waals surface area (Å²) in [5.41, 5.74) is 0. The Morgan fingerprint density at radius 3 is 2.14 bits per heavy atom. The lowest BCUT2D eigenvalue weighted by Gasteiger charge is -2.37. The van der Waals surface area contributed by atoms with E-state index < -0.39 is 17.8 Å². The van der Waals surface area contributed by atoms with Crippen LogP contribution in [-0.2, 0) is 14.3 Å². The molecule has 4 heteroatoms. The summed E-state index contributed by atoms with van der Waals surface area (Å²) in [6.07, 6.45) is 12.6. The van der Waals surface area contributed by atoms with Gasteiger partial charge in [0.25, 0.3) is 0 Å². The van der Waals surface area contributed by atoms with Crippen molar-refractivity contribution in [3.05, 3.63) is 0 Å². The van der Waals surface area contributed by atoms with E-state index >= 15 is 0 Å². The minimum atomic E-state index is -0.838. The van der Waals surface area contributed by atoms with E-state index in [0.717, 1.165) is 38.0 Å². The number of esters is 1. The van der Waals surface area contributed by atoms with Crippen molar-refractivity contribution in [1.82, 2.24) is 0 Å². The standard InChI is InChI=1S/C25H44O4/c1-5-6-9-19-12-14-20(15-13-19)23(16-18(4)17(2)3)29-25(28)22-11-8-7-10-21(22)24(26)27/h17-23H,5-16H2,1-4H3,(H,26,27). The number of carbonyl (C=O) groups excluding carboxylic acids is 1. The van der Waals surface area contributed by atoms with Gasteiger partial charge < -0.3 is 9.84 Å². The van der Waals surface area contributed by atoms with Gasteiger partial charge in [-0.1, -0.05) is 72.6 Å². The summed E-state index contributed by atoms with van der Waals surface area (Å²) in [6, 6.07) is 0. The van der Waals surface area contributed by atoms with E-state index in [2.05, 4.69) is 27.7 Å². The Labute approximate surface area is 178 Å². The third-order valence-electron chi connectivity index (χ3n) is 7.78. The minimum absolute atomic E-state index is 0.0524. The van der Waals surface area contributed by atoms with Crippen molar-refractivity contribution in [1.29, 1.82) is 0 Å². The highest BCUT2D eigenvalue weighted by atomic mass is 16.5. The lowest BCUT2D eigenvalue weighted by atomic mass is 9.75. The zero-order chi connectivity index (χ0) is 21.4. The molecular weight excluding hydrogens is 364 g/mol. The maximum absolute atomic E-state index is 13.0. The van der Waals surface area contributed by atoms with E-state index in [0.29, 0.717) is 30.6 Å². The van der Waals surface area contributed by atoms with E-state index in [1.54, 1.807) is 0 Å². The van der Waals surface area contributed by atoms with Crippen LogP contribution in [0.25, 0.3) is 0 Å². The lowest BCUT2D eigenvalue weighted by molar-refractivity contribution is -0.167. The van der Waals surface area contributed by atoms with E-state index in [1.165, 1.54) is 32.1 Å². The largest absolute Gasteiger partial charge is 0.481 e. The Hall–Kier alpha value is -1.06. The van der Waals surface area contributed by atoms with Crippen molar-refractivity contribution in [2.24, 2.45) is 35.5 Å². The quantitative estimate of drug-likeness (QED) is 0.421. The number of hydrogen-bond acceptors (Lipinski definition) is 3. The molecule has 1 N–H and O–H groups in total. The van der Waals surface area contributed by atoms with Crippen LogP contribution in [-0.4, -0.2) is 23.1 Å². The number of hydrogen-bond donors (Lipinski definition) is 1. The first-order valence-corrected chi connectivity index (χ1v) is 12.3. The molecule has 168 valence electrons. The van der Waals surface area contributed by atoms with Gasteiger partial charge in [0.1, 0.15) is 6.10 Å². The van der Waals surface area contributed by atoms with Crippen molar-refractivity contribution in [3.8, 4) is 0 Å². The number of rotatable bonds is 10. The molecule has 2 saturated carbocycles. The summed E-state index contributed by atoms with van der Waals surface area (Å²) in [5, 5.41) is 9.55. The number of ether oxygens (including phenoxy) is 1. The second-order valence-electron chi connectivity index (χ2n) is 10.2. The molecule has 2 aliphatic carbocycles. The molecule has 4 unspecified atom stereocenters. The van der Waals surface area contributed by atoms with Crippen molar-refractivity contribution >= 4 is 11.9 Å². The van der Waals surface area contributed by atoms with Crippen LogP contribution >= 0.6 is 0 Å². The Balaban J connectivity index is 2.02. The first kappa shape index (κ1) is 24.2. The second-order valence-corrected chi connectivity index (χ2v) is 10.2. The van der Waals surface area contributed by atoms with Crippen LogP contribution < -0.4 is 0 Å². The molecule has 0 saturated heterocycles. The maximum atomic E-state index is 13.0. The monoisotopic (exact) mass is 408 g/mol. The van der Waals surface area contributed by atoms with E-state index in [1.807, 2.05) is 0 Å². The Morgan fingerprint density at radius 1 is 0.966 bits per heavy atom. The molecule has 0 spiro atoms. The summed E-state index contributed by atoms with van der Waals surface area (Å²) in [4.78, 5) is 24.7. The summed E-state index contributed by atoms with van der Waals surface area (Å²) in [6.45, 7) is 8.96. The summed E-state index contributed by atoms with van der Waals surface area (Å²) >= 11 is 0. The van der Waals surface area contributed by atoms with Gasteiger partial charge in [-0.3, -0.25) is 9.59 Å². The molecule has 0 aromatic rings. The van der Waals surface area contributed by atoms with Gasteiger partial charge in [0.15, 0.2) is 0 Å². The molecule has 2 rings (SSSR count). The second kappa shape index (κ2) is 12.0. The van der Waals surface area contributed by atoms with Crippen LogP contribution in [0.4, 0.5) is 0 Å². The fraction of sp³-hybridized carbons (Fsp3) is 0.920. The highest BCUT2D eigenvalue weighted by molar-refractivity contribution is 5.81. The van der Waals surface area contributed by atoms with Crippen molar-refractivity contribution in [3.63, 3.8) is 0 Å². The topological polar surface area (TPSA) is 63.6 Å². The number of aliphatic carboxylic acids is 1. The highest BCUT2D eigenvalue weighted by Crippen LogP contribution is 2.38. The number of carboxylic acids is 1. The smallest absolute Gasteiger partial charge is 0.310 e. The molecule has 0 aromatic heterocycles. The summed E-state index contributed by atoms with van der Waals surface area (Å²) in [5.74, 6) is 0.208. The van der Waals surface area contributed by atoms with Crippen molar-refractivity contribution < 1.29 is 19.4 Å².